The molecule has 4 aromatic heterocycles. The Labute approximate surface area is 467 Å². The van der Waals surface area contributed by atoms with Gasteiger partial charge in [-0.25, -0.2) is 19.9 Å². The van der Waals surface area contributed by atoms with Gasteiger partial charge in [-0.2, -0.15) is 0 Å². The van der Waals surface area contributed by atoms with Crippen LogP contribution in [0.4, 0.5) is 5.82 Å². The van der Waals surface area contributed by atoms with Gasteiger partial charge in [0.1, 0.15) is 23.4 Å². The maximum Gasteiger partial charge on any atom is 0.246 e. The van der Waals surface area contributed by atoms with E-state index in [9.17, 15) is 24.3 Å². The van der Waals surface area contributed by atoms with Crippen LogP contribution >= 0.6 is 11.3 Å². The highest BCUT2D eigenvalue weighted by molar-refractivity contribution is 7.13. The molecule has 7 aromatic rings. The number of aliphatic hydroxyl groups excluding tert-OH is 1. The second-order valence-corrected chi connectivity index (χ2v) is 23.6. The molecular weight excluding hydrogens is 1010 g/mol. The number of rotatable bonds is 23. The highest BCUT2D eigenvalue weighted by Gasteiger charge is 2.44. The van der Waals surface area contributed by atoms with Crippen LogP contribution in [-0.4, -0.2) is 82.9 Å². The van der Waals surface area contributed by atoms with Crippen molar-refractivity contribution < 1.29 is 24.3 Å². The maximum absolute atomic E-state index is 14.1. The van der Waals surface area contributed by atoms with Gasteiger partial charge in [-0.05, 0) is 122 Å². The first-order valence-corrected chi connectivity index (χ1v) is 28.8. The lowest BCUT2D eigenvalue weighted by atomic mass is 9.73. The van der Waals surface area contributed by atoms with Gasteiger partial charge in [-0.1, -0.05) is 107 Å². The summed E-state index contributed by atoms with van der Waals surface area (Å²) in [6.07, 6.45) is 11.5. The number of aryl methyl sites for hydroxylation is 2. The van der Waals surface area contributed by atoms with Crippen molar-refractivity contribution in [3.63, 3.8) is 0 Å². The van der Waals surface area contributed by atoms with Crippen LogP contribution < -0.4 is 27.8 Å². The Morgan fingerprint density at radius 1 is 0.848 bits per heavy atom. The minimum absolute atomic E-state index is 0.0151. The number of fused-ring (bicyclic) bond motifs is 1. The highest BCUT2D eigenvalue weighted by Crippen LogP contribution is 2.40. The number of unbranched alkanes of at least 4 members (excludes halogenated alkanes) is 5. The summed E-state index contributed by atoms with van der Waals surface area (Å²) in [6.45, 7) is 7.92. The fourth-order valence-electron chi connectivity index (χ4n) is 11.0. The number of carbonyl (C=O) groups excluding carboxylic acids is 4. The van der Waals surface area contributed by atoms with Crippen molar-refractivity contribution in [1.82, 2.24) is 40.0 Å². The summed E-state index contributed by atoms with van der Waals surface area (Å²) < 4.78 is 2.03. The lowest BCUT2D eigenvalue weighted by Crippen LogP contribution is -2.57. The van der Waals surface area contributed by atoms with Crippen LogP contribution in [0.1, 0.15) is 127 Å². The molecule has 1 aliphatic carbocycles. The van der Waals surface area contributed by atoms with Gasteiger partial charge in [-0.3, -0.25) is 23.7 Å². The molecule has 2 aliphatic rings. The molecule has 1 unspecified atom stereocenters. The number of imidazole rings is 1. The van der Waals surface area contributed by atoms with Crippen molar-refractivity contribution in [2.45, 2.75) is 148 Å². The summed E-state index contributed by atoms with van der Waals surface area (Å²) in [4.78, 5) is 75.1. The smallest absolute Gasteiger partial charge is 0.246 e. The number of aliphatic hydroxyl groups is 1. The molecule has 9 N–H and O–H groups in total. The molecule has 1 saturated carbocycles. The molecule has 16 nitrogen and oxygen atoms in total. The van der Waals surface area contributed by atoms with Crippen molar-refractivity contribution in [1.29, 1.82) is 0 Å². The van der Waals surface area contributed by atoms with Gasteiger partial charge >= 0.3 is 0 Å². The zero-order valence-electron chi connectivity index (χ0n) is 45.9. The Bertz CT molecular complexity index is 3270. The first-order valence-electron chi connectivity index (χ1n) is 27.9. The van der Waals surface area contributed by atoms with Gasteiger partial charge in [0.25, 0.3) is 0 Å². The average molecular weight is 1090 g/mol. The lowest BCUT2D eigenvalue weighted by molar-refractivity contribution is -0.144. The monoisotopic (exact) mass is 1090 g/mol. The quantitative estimate of drug-likeness (QED) is 0.0329. The van der Waals surface area contributed by atoms with Gasteiger partial charge < -0.3 is 37.8 Å². The molecule has 0 radical (unpaired) electrons. The van der Waals surface area contributed by atoms with Crippen LogP contribution in [0.25, 0.3) is 49.9 Å². The summed E-state index contributed by atoms with van der Waals surface area (Å²) in [5, 5.41) is 16.6. The maximum atomic E-state index is 14.1. The fourth-order valence-corrected chi connectivity index (χ4v) is 11.8. The molecule has 9 rings (SSSR count). The number of nitrogens with one attached hydrogen (secondary N) is 2. The Kier molecular flexibility index (Phi) is 17.7. The van der Waals surface area contributed by atoms with Gasteiger partial charge in [0, 0.05) is 54.8 Å². The number of hydrogen-bond donors (Lipinski definition) is 6. The van der Waals surface area contributed by atoms with Gasteiger partial charge in [0.2, 0.25) is 23.6 Å². The Morgan fingerprint density at radius 3 is 2.28 bits per heavy atom. The molecule has 17 heteroatoms. The second-order valence-electron chi connectivity index (χ2n) is 22.7. The van der Waals surface area contributed by atoms with Gasteiger partial charge in [-0.15, -0.1) is 11.3 Å². The third-order valence-corrected chi connectivity index (χ3v) is 16.8. The average Bonchev–Trinajstić information content (AvgIpc) is 4.37. The number of aromatic nitrogens is 5. The third-order valence-electron chi connectivity index (χ3n) is 15.9. The molecule has 1 aliphatic heterocycles. The number of nitrogen functional groups attached to an aromatic ring is 1. The molecule has 4 atom stereocenters. The molecule has 2 fully saturated rings. The van der Waals surface area contributed by atoms with Crippen LogP contribution in [-0.2, 0) is 37.7 Å². The number of nitrogens with two attached hydrogens (primary N) is 3. The number of β-amino-alcohol motifs (C(OH)–C–C–N with tert-alkyl or cyclic N) is 1. The van der Waals surface area contributed by atoms with Crippen molar-refractivity contribution in [2.24, 2.45) is 22.8 Å². The second kappa shape index (κ2) is 24.8. The SMILES string of the molecule is Cc1ncsc1-c1ccc(CNC(=O)[C@@H]2C[C@@H](O)CN2C(=O)[C@@H](NC(=O)CCCCCCCCC(CCc2cccc(-c3ccc4nc(-c5cccnc5N)n(-c5ccc(C6(N)CCC6)cc5)c4n3)c2)C(N)=O)C(C)(C)C)cc1. The number of hydrogen-bond acceptors (Lipinski definition) is 12. The van der Waals surface area contributed by atoms with E-state index in [4.69, 9.17) is 27.2 Å². The van der Waals surface area contributed by atoms with Crippen LogP contribution in [0.2, 0.25) is 0 Å². The molecule has 414 valence electrons. The minimum Gasteiger partial charge on any atom is -0.391 e. The van der Waals surface area contributed by atoms with Crippen molar-refractivity contribution in [2.75, 3.05) is 12.3 Å². The van der Waals surface area contributed by atoms with Crippen molar-refractivity contribution in [3.05, 3.63) is 131 Å². The Balaban J connectivity index is 0.725. The molecule has 1 saturated heterocycles. The van der Waals surface area contributed by atoms with Crippen molar-refractivity contribution >= 4 is 51.9 Å². The van der Waals surface area contributed by atoms with Crippen LogP contribution in [0.15, 0.2) is 109 Å². The van der Waals surface area contributed by atoms with Crippen LogP contribution in [0.3, 0.4) is 0 Å². The molecule has 3 aromatic carbocycles. The molecule has 0 bridgehead atoms. The number of nitrogens with zero attached hydrogens (tertiary/aromatic N) is 6. The highest BCUT2D eigenvalue weighted by atomic mass is 32.1. The van der Waals surface area contributed by atoms with Crippen molar-refractivity contribution in [3.8, 4) is 38.8 Å². The molecule has 5 heterocycles. The molecule has 79 heavy (non-hydrogen) atoms. The number of likely N-dealkylation sites (tertiary alicyclic amines) is 1. The minimum atomic E-state index is -0.881. The van der Waals surface area contributed by atoms with E-state index in [1.165, 1.54) is 4.90 Å². The normalized spacial score (nSPS) is 16.8. The van der Waals surface area contributed by atoms with E-state index in [-0.39, 0.29) is 61.0 Å². The topological polar surface area (TPSA) is 250 Å². The summed E-state index contributed by atoms with van der Waals surface area (Å²) in [5.41, 5.74) is 29.8. The summed E-state index contributed by atoms with van der Waals surface area (Å²) in [6, 6.07) is 30.5. The van der Waals surface area contributed by atoms with E-state index in [1.807, 2.05) is 98.4 Å². The molecular formula is C62H75N11O5S. The van der Waals surface area contributed by atoms with E-state index >= 15 is 0 Å². The van der Waals surface area contributed by atoms with Gasteiger partial charge in [0.15, 0.2) is 11.5 Å². The Hall–Kier alpha value is -7.34. The van der Waals surface area contributed by atoms with E-state index in [0.29, 0.717) is 48.5 Å². The van der Waals surface area contributed by atoms with Crippen LogP contribution in [0.5, 0.6) is 0 Å². The number of anilines is 1. The number of thiazole rings is 1. The molecule has 4 amide bonds. The summed E-state index contributed by atoms with van der Waals surface area (Å²) in [5.74, 6) is -0.467. The predicted molar refractivity (Wildman–Crippen MR) is 311 cm³/mol. The van der Waals surface area contributed by atoms with E-state index < -0.39 is 23.6 Å². The third kappa shape index (κ3) is 13.4. The summed E-state index contributed by atoms with van der Waals surface area (Å²) in [7, 11) is 0. The summed E-state index contributed by atoms with van der Waals surface area (Å²) >= 11 is 1.58. The number of carbonyl (C=O) groups is 4. The predicted octanol–water partition coefficient (Wildman–Crippen LogP) is 9.47. The van der Waals surface area contributed by atoms with E-state index in [1.54, 1.807) is 17.5 Å². The number of pyridine rings is 2. The largest absolute Gasteiger partial charge is 0.391 e. The number of amides is 4. The molecule has 0 spiro atoms. The fraction of sp³-hybridized carbons (Fsp3) is 0.419. The Morgan fingerprint density at radius 2 is 1.59 bits per heavy atom. The standard InChI is InChI=1S/C62H75N11O5S/c1-39-53(79-38-68-39)42-22-20-41(21-23-42)36-67-59(77)51-35-47(74)37-72(51)60(78)54(61(2,3)4)71-52(75)18-10-8-6-5-7-9-15-43(56(64)76)24-19-40-14-11-16-44(34-40)49-29-30-50-58(69-49)73(57(70-50)48-17-12-33-66-55(48)63)46-27-25-45(26-28-46)62(65)31-13-32-62/h11-12,14,16-17,20-23,25-30,33-34,38,43,47,51,54,74H,5-10,13,15,18-19,24,31-32,35-37,65H2,1-4H3,(H2,63,66)(H2,64,76)(H,67,77)(H,71,75)/t43?,47-,51+,54-/m1/s1. The lowest BCUT2D eigenvalue weighted by Gasteiger charge is -2.38. The zero-order chi connectivity index (χ0) is 55.8. The van der Waals surface area contributed by atoms with E-state index in [0.717, 1.165) is 107 Å². The van der Waals surface area contributed by atoms with Crippen LogP contribution in [0, 0.1) is 18.3 Å². The zero-order valence-corrected chi connectivity index (χ0v) is 46.7. The van der Waals surface area contributed by atoms with E-state index in [2.05, 4.69) is 57.0 Å². The number of benzene rings is 3. The number of primary amides is 1. The first-order chi connectivity index (χ1) is 38.0. The van der Waals surface area contributed by atoms with Gasteiger partial charge in [0.05, 0.1) is 33.4 Å². The first kappa shape index (κ1) is 56.4.